The summed E-state index contributed by atoms with van der Waals surface area (Å²) in [6.07, 6.45) is 0.698. The number of hydrogen-bond donors (Lipinski definition) is 0. The maximum absolute atomic E-state index is 11.7. The van der Waals surface area contributed by atoms with E-state index in [0.29, 0.717) is 23.0 Å². The second-order valence-corrected chi connectivity index (χ2v) is 6.63. The average molecular weight is 413 g/mol. The maximum atomic E-state index is 11.7. The van der Waals surface area contributed by atoms with Crippen molar-refractivity contribution < 1.29 is 24.1 Å². The van der Waals surface area contributed by atoms with E-state index in [9.17, 15) is 25.0 Å². The number of aromatic nitrogens is 1. The van der Waals surface area contributed by atoms with Gasteiger partial charge in [0.2, 0.25) is 13.1 Å². The molecule has 0 aliphatic rings. The third-order valence-electron chi connectivity index (χ3n) is 4.63. The molecule has 0 saturated heterocycles. The minimum Gasteiger partial charge on any atom is -0.437 e. The molecule has 0 amide bonds. The fraction of sp³-hybridized carbons (Fsp3) is 0.250. The van der Waals surface area contributed by atoms with Gasteiger partial charge in [-0.05, 0) is 23.3 Å². The van der Waals surface area contributed by atoms with Crippen LogP contribution in [-0.4, -0.2) is 40.8 Å². The van der Waals surface area contributed by atoms with Gasteiger partial charge in [0.15, 0.2) is 0 Å². The van der Waals surface area contributed by atoms with Gasteiger partial charge in [-0.2, -0.15) is 0 Å². The first-order valence-electron chi connectivity index (χ1n) is 9.04. The summed E-state index contributed by atoms with van der Waals surface area (Å²) in [4.78, 5) is 32.9. The van der Waals surface area contributed by atoms with Crippen LogP contribution in [0.3, 0.4) is 0 Å². The van der Waals surface area contributed by atoms with Gasteiger partial charge in [-0.1, -0.05) is 36.4 Å². The third-order valence-corrected chi connectivity index (χ3v) is 4.63. The highest BCUT2D eigenvalue weighted by atomic mass is 16.7. The van der Waals surface area contributed by atoms with Crippen LogP contribution in [0.4, 0.5) is 4.79 Å². The molecule has 0 N–H and O–H groups in total. The van der Waals surface area contributed by atoms with Crippen LogP contribution >= 0.6 is 0 Å². The summed E-state index contributed by atoms with van der Waals surface area (Å²) in [5, 5.41) is 22.8. The average Bonchev–Trinajstić information content (AvgIpc) is 3.07. The van der Waals surface area contributed by atoms with Crippen LogP contribution in [0.1, 0.15) is 17.0 Å². The molecule has 3 aromatic rings. The van der Waals surface area contributed by atoms with Crippen molar-refractivity contribution in [2.75, 3.05) is 20.2 Å². The standard InChI is InChI=1S/C20H19N3O7/c1-29-20(24)30-18-9-5-8-17-19(18)16(15(11-22(25)26)12-23(27)28)13-21(17)10-14-6-3-2-4-7-14/h2-9,13,15H,10-12H2,1H3. The zero-order valence-corrected chi connectivity index (χ0v) is 16.1. The van der Waals surface area contributed by atoms with Crippen molar-refractivity contribution in [3.8, 4) is 5.75 Å². The predicted molar refractivity (Wildman–Crippen MR) is 107 cm³/mol. The van der Waals surface area contributed by atoms with E-state index >= 15 is 0 Å². The van der Waals surface area contributed by atoms with E-state index < -0.39 is 35.0 Å². The molecule has 0 atom stereocenters. The lowest BCUT2D eigenvalue weighted by atomic mass is 9.98. The molecule has 1 aromatic heterocycles. The van der Waals surface area contributed by atoms with Crippen molar-refractivity contribution in [1.29, 1.82) is 0 Å². The van der Waals surface area contributed by atoms with Crippen LogP contribution < -0.4 is 4.74 Å². The van der Waals surface area contributed by atoms with E-state index in [2.05, 4.69) is 4.74 Å². The van der Waals surface area contributed by atoms with Gasteiger partial charge in [0.05, 0.1) is 12.6 Å². The molecule has 2 aromatic carbocycles. The molecule has 0 aliphatic carbocycles. The second-order valence-electron chi connectivity index (χ2n) is 6.63. The van der Waals surface area contributed by atoms with Crippen molar-refractivity contribution in [3.63, 3.8) is 0 Å². The molecule has 156 valence electrons. The first-order valence-corrected chi connectivity index (χ1v) is 9.04. The van der Waals surface area contributed by atoms with Crippen molar-refractivity contribution in [3.05, 3.63) is 86.1 Å². The molecular formula is C20H19N3O7. The normalized spacial score (nSPS) is 10.9. The van der Waals surface area contributed by atoms with Gasteiger partial charge >= 0.3 is 6.16 Å². The molecule has 10 nitrogen and oxygen atoms in total. The number of ether oxygens (including phenoxy) is 2. The molecule has 0 aliphatic heterocycles. The summed E-state index contributed by atoms with van der Waals surface area (Å²) in [5.74, 6) is -0.880. The van der Waals surface area contributed by atoms with Gasteiger partial charge in [-0.3, -0.25) is 20.2 Å². The first-order chi connectivity index (χ1) is 14.4. The van der Waals surface area contributed by atoms with Gasteiger partial charge in [-0.15, -0.1) is 0 Å². The lowest BCUT2D eigenvalue weighted by Gasteiger charge is -2.10. The van der Waals surface area contributed by atoms with Gasteiger partial charge in [0.1, 0.15) is 11.7 Å². The predicted octanol–water partition coefficient (Wildman–Crippen LogP) is 3.47. The lowest BCUT2D eigenvalue weighted by Crippen LogP contribution is -2.21. The number of carbonyl (C=O) groups is 1. The highest BCUT2D eigenvalue weighted by Gasteiger charge is 2.29. The van der Waals surface area contributed by atoms with Crippen LogP contribution in [0.2, 0.25) is 0 Å². The number of rotatable bonds is 8. The Morgan fingerprint density at radius 1 is 1.03 bits per heavy atom. The number of benzene rings is 2. The van der Waals surface area contributed by atoms with Crippen LogP contribution in [0.15, 0.2) is 54.7 Å². The Bertz CT molecular complexity index is 1060. The zero-order chi connectivity index (χ0) is 21.7. The molecule has 0 saturated carbocycles. The van der Waals surface area contributed by atoms with E-state index in [1.54, 1.807) is 18.3 Å². The second kappa shape index (κ2) is 9.03. The van der Waals surface area contributed by atoms with Crippen molar-refractivity contribution in [2.24, 2.45) is 0 Å². The van der Waals surface area contributed by atoms with Crippen LogP contribution in [0, 0.1) is 20.2 Å². The molecule has 0 fully saturated rings. The smallest absolute Gasteiger partial charge is 0.437 e. The molecule has 10 heteroatoms. The minimum atomic E-state index is -1.00. The Morgan fingerprint density at radius 2 is 1.70 bits per heavy atom. The van der Waals surface area contributed by atoms with E-state index in [4.69, 9.17) is 4.74 Å². The summed E-state index contributed by atoms with van der Waals surface area (Å²) >= 11 is 0. The van der Waals surface area contributed by atoms with E-state index in [0.717, 1.165) is 12.7 Å². The summed E-state index contributed by atoms with van der Waals surface area (Å²) in [7, 11) is 1.16. The molecule has 0 spiro atoms. The SMILES string of the molecule is COC(=O)Oc1cccc2c1c(C(C[N+](=O)[O-])C[N+](=O)[O-])cn2Cc1ccccc1. The Hall–Kier alpha value is -3.95. The number of nitro groups is 2. The van der Waals surface area contributed by atoms with Gasteiger partial charge in [0, 0.05) is 28.0 Å². The van der Waals surface area contributed by atoms with Gasteiger partial charge in [-0.25, -0.2) is 4.79 Å². The molecule has 0 radical (unpaired) electrons. The summed E-state index contributed by atoms with van der Waals surface area (Å²) < 4.78 is 11.6. The van der Waals surface area contributed by atoms with Crippen molar-refractivity contribution >= 4 is 17.1 Å². The molecular weight excluding hydrogens is 394 g/mol. The maximum Gasteiger partial charge on any atom is 0.513 e. The number of nitrogens with zero attached hydrogens (tertiary/aromatic N) is 3. The molecule has 0 unspecified atom stereocenters. The fourth-order valence-corrected chi connectivity index (χ4v) is 3.40. The van der Waals surface area contributed by atoms with E-state index in [-0.39, 0.29) is 5.75 Å². The highest BCUT2D eigenvalue weighted by molar-refractivity contribution is 5.92. The van der Waals surface area contributed by atoms with E-state index in [1.807, 2.05) is 34.9 Å². The first kappa shape index (κ1) is 20.8. The topological polar surface area (TPSA) is 127 Å². The molecule has 1 heterocycles. The Labute approximate surface area is 170 Å². The molecule has 30 heavy (non-hydrogen) atoms. The fourth-order valence-electron chi connectivity index (χ4n) is 3.40. The highest BCUT2D eigenvalue weighted by Crippen LogP contribution is 2.36. The Morgan fingerprint density at radius 3 is 2.30 bits per heavy atom. The zero-order valence-electron chi connectivity index (χ0n) is 16.1. The van der Waals surface area contributed by atoms with Gasteiger partial charge in [0.25, 0.3) is 0 Å². The summed E-state index contributed by atoms with van der Waals surface area (Å²) in [6.45, 7) is -0.821. The van der Waals surface area contributed by atoms with Crippen LogP contribution in [-0.2, 0) is 11.3 Å². The van der Waals surface area contributed by atoms with Crippen molar-refractivity contribution in [2.45, 2.75) is 12.5 Å². The molecule has 0 bridgehead atoms. The van der Waals surface area contributed by atoms with E-state index in [1.165, 1.54) is 6.07 Å². The third kappa shape index (κ3) is 4.72. The monoisotopic (exact) mass is 413 g/mol. The Kier molecular flexibility index (Phi) is 6.26. The number of carbonyl (C=O) groups excluding carboxylic acids is 1. The van der Waals surface area contributed by atoms with Crippen LogP contribution in [0.25, 0.3) is 10.9 Å². The number of hydrogen-bond acceptors (Lipinski definition) is 7. The van der Waals surface area contributed by atoms with Crippen LogP contribution in [0.5, 0.6) is 5.75 Å². The molecule has 3 rings (SSSR count). The largest absolute Gasteiger partial charge is 0.513 e. The quantitative estimate of drug-likeness (QED) is 0.239. The lowest BCUT2D eigenvalue weighted by molar-refractivity contribution is -0.516. The summed E-state index contributed by atoms with van der Waals surface area (Å²) in [6, 6.07) is 14.5. The van der Waals surface area contributed by atoms with Gasteiger partial charge < -0.3 is 14.0 Å². The summed E-state index contributed by atoms with van der Waals surface area (Å²) in [5.41, 5.74) is 1.97. The Balaban J connectivity index is 2.18. The van der Waals surface area contributed by atoms with Crippen molar-refractivity contribution in [1.82, 2.24) is 4.57 Å². The number of methoxy groups -OCH3 is 1. The minimum absolute atomic E-state index is 0.123. The number of fused-ring (bicyclic) bond motifs is 1.